The van der Waals surface area contributed by atoms with E-state index in [1.54, 1.807) is 0 Å². The number of aryl methyl sites for hydroxylation is 1. The van der Waals surface area contributed by atoms with Crippen molar-refractivity contribution in [3.05, 3.63) is 17.1 Å². The third kappa shape index (κ3) is 3.77. The van der Waals surface area contributed by atoms with Crippen molar-refractivity contribution < 1.29 is 14.3 Å². The Hall–Kier alpha value is -2.02. The first-order valence-corrected chi connectivity index (χ1v) is 11.2. The predicted molar refractivity (Wildman–Crippen MR) is 108 cm³/mol. The number of carbonyl (C=O) groups excluding carboxylic acids is 2. The second-order valence-electron chi connectivity index (χ2n) is 9.02. The first kappa shape index (κ1) is 19.0. The van der Waals surface area contributed by atoms with Gasteiger partial charge in [0.1, 0.15) is 17.7 Å². The molecule has 3 aliphatic heterocycles. The maximum atomic E-state index is 12.6. The fourth-order valence-corrected chi connectivity index (χ4v) is 4.87. The zero-order valence-electron chi connectivity index (χ0n) is 17.2. The molecule has 0 aromatic carbocycles. The second kappa shape index (κ2) is 7.67. The van der Waals surface area contributed by atoms with Crippen molar-refractivity contribution in [2.24, 2.45) is 5.92 Å². The molecular formula is C22H30N4O3. The van der Waals surface area contributed by atoms with E-state index in [9.17, 15) is 9.59 Å². The van der Waals surface area contributed by atoms with Crippen LogP contribution in [0.3, 0.4) is 0 Å². The van der Waals surface area contributed by atoms with Crippen LogP contribution in [-0.2, 0) is 20.7 Å². The van der Waals surface area contributed by atoms with Crippen molar-refractivity contribution in [3.8, 4) is 0 Å². The minimum atomic E-state index is -0.240. The molecule has 0 N–H and O–H groups in total. The third-order valence-corrected chi connectivity index (χ3v) is 6.87. The Morgan fingerprint density at radius 3 is 2.59 bits per heavy atom. The number of nitrogens with zero attached hydrogens (tertiary/aromatic N) is 4. The van der Waals surface area contributed by atoms with Gasteiger partial charge in [-0.1, -0.05) is 0 Å². The molecule has 1 atom stereocenters. The lowest BCUT2D eigenvalue weighted by atomic mass is 9.94. The average molecular weight is 399 g/mol. The Labute approximate surface area is 171 Å². The van der Waals surface area contributed by atoms with Crippen LogP contribution in [0.2, 0.25) is 0 Å². The van der Waals surface area contributed by atoms with Crippen LogP contribution in [0.15, 0.2) is 0 Å². The van der Waals surface area contributed by atoms with Crippen LogP contribution in [0, 0.1) is 12.8 Å². The molecule has 156 valence electrons. The average Bonchev–Trinajstić information content (AvgIpc) is 3.39. The summed E-state index contributed by atoms with van der Waals surface area (Å²) in [6.45, 7) is 5.01. The number of piperidine rings is 1. The number of likely N-dealkylation sites (tertiary alicyclic amines) is 1. The van der Waals surface area contributed by atoms with Gasteiger partial charge in [-0.15, -0.1) is 0 Å². The summed E-state index contributed by atoms with van der Waals surface area (Å²) >= 11 is 0. The quantitative estimate of drug-likeness (QED) is 0.778. The zero-order valence-corrected chi connectivity index (χ0v) is 17.2. The fourth-order valence-electron chi connectivity index (χ4n) is 4.87. The highest BCUT2D eigenvalue weighted by Crippen LogP contribution is 2.36. The summed E-state index contributed by atoms with van der Waals surface area (Å²) in [5, 5.41) is 0. The molecule has 29 heavy (non-hydrogen) atoms. The van der Waals surface area contributed by atoms with Crippen LogP contribution in [0.5, 0.6) is 0 Å². The van der Waals surface area contributed by atoms with Crippen LogP contribution >= 0.6 is 0 Å². The monoisotopic (exact) mass is 398 g/mol. The number of hydrogen-bond donors (Lipinski definition) is 0. The van der Waals surface area contributed by atoms with E-state index in [0.717, 1.165) is 74.6 Å². The SMILES string of the molecule is Cc1nc(C2CCN(C(=O)[C@H]3CCCO3)CC2)nc2c1CCC(=O)N2CC1CC1. The normalized spacial score (nSPS) is 25.4. The number of fused-ring (bicyclic) bond motifs is 1. The summed E-state index contributed by atoms with van der Waals surface area (Å²) < 4.78 is 5.56. The number of amides is 2. The van der Waals surface area contributed by atoms with E-state index < -0.39 is 0 Å². The Bertz CT molecular complexity index is 809. The van der Waals surface area contributed by atoms with Gasteiger partial charge < -0.3 is 9.64 Å². The minimum absolute atomic E-state index is 0.143. The van der Waals surface area contributed by atoms with Crippen molar-refractivity contribution in [2.75, 3.05) is 31.1 Å². The van der Waals surface area contributed by atoms with Gasteiger partial charge in [0, 0.05) is 49.8 Å². The van der Waals surface area contributed by atoms with E-state index in [0.29, 0.717) is 18.9 Å². The molecule has 3 fully saturated rings. The van der Waals surface area contributed by atoms with Crippen LogP contribution < -0.4 is 4.90 Å². The first-order valence-electron chi connectivity index (χ1n) is 11.2. The summed E-state index contributed by atoms with van der Waals surface area (Å²) in [6.07, 6.45) is 7.06. The van der Waals surface area contributed by atoms with E-state index in [2.05, 4.69) is 0 Å². The lowest BCUT2D eigenvalue weighted by Gasteiger charge is -2.34. The summed E-state index contributed by atoms with van der Waals surface area (Å²) in [6, 6.07) is 0. The summed E-state index contributed by atoms with van der Waals surface area (Å²) in [5.41, 5.74) is 2.15. The first-order chi connectivity index (χ1) is 14.1. The molecule has 0 bridgehead atoms. The molecule has 0 spiro atoms. The molecule has 1 aliphatic carbocycles. The summed E-state index contributed by atoms with van der Waals surface area (Å²) in [7, 11) is 0. The van der Waals surface area contributed by atoms with E-state index in [4.69, 9.17) is 14.7 Å². The molecule has 2 saturated heterocycles. The largest absolute Gasteiger partial charge is 0.368 e. The van der Waals surface area contributed by atoms with Gasteiger partial charge in [0.05, 0.1) is 0 Å². The van der Waals surface area contributed by atoms with Crippen molar-refractivity contribution in [1.29, 1.82) is 0 Å². The van der Waals surface area contributed by atoms with Crippen LogP contribution in [-0.4, -0.2) is 59.0 Å². The van der Waals surface area contributed by atoms with Gasteiger partial charge in [-0.2, -0.15) is 0 Å². The smallest absolute Gasteiger partial charge is 0.251 e. The number of rotatable bonds is 4. The van der Waals surface area contributed by atoms with Gasteiger partial charge >= 0.3 is 0 Å². The number of ether oxygens (including phenoxy) is 1. The maximum Gasteiger partial charge on any atom is 0.251 e. The predicted octanol–water partition coefficient (Wildman–Crippen LogP) is 2.36. The fraction of sp³-hybridized carbons (Fsp3) is 0.727. The van der Waals surface area contributed by atoms with E-state index >= 15 is 0 Å². The molecule has 5 rings (SSSR count). The minimum Gasteiger partial charge on any atom is -0.368 e. The van der Waals surface area contributed by atoms with E-state index in [1.807, 2.05) is 16.7 Å². The Balaban J connectivity index is 1.31. The standard InChI is InChI=1S/C22H30N4O3/c1-14-17-6-7-19(27)26(13-15-4-5-15)21(17)24-20(23-14)16-8-10-25(11-9-16)22(28)18-3-2-12-29-18/h15-16,18H,2-13H2,1H3/t18-/m1/s1. The Kier molecular flexibility index (Phi) is 5.02. The van der Waals surface area contributed by atoms with Crippen LogP contribution in [0.25, 0.3) is 0 Å². The molecule has 0 unspecified atom stereocenters. The maximum absolute atomic E-state index is 12.6. The van der Waals surface area contributed by atoms with E-state index in [1.165, 1.54) is 12.8 Å². The highest BCUT2D eigenvalue weighted by Gasteiger charge is 2.35. The highest BCUT2D eigenvalue weighted by molar-refractivity contribution is 5.95. The zero-order chi connectivity index (χ0) is 20.0. The molecule has 2 amide bonds. The van der Waals surface area contributed by atoms with Crippen LogP contribution in [0.1, 0.15) is 67.9 Å². The highest BCUT2D eigenvalue weighted by atomic mass is 16.5. The summed E-state index contributed by atoms with van der Waals surface area (Å²) in [4.78, 5) is 38.8. The molecule has 1 aromatic rings. The van der Waals surface area contributed by atoms with Gasteiger partial charge in [0.2, 0.25) is 5.91 Å². The van der Waals surface area contributed by atoms with Gasteiger partial charge in [0.15, 0.2) is 0 Å². The molecule has 7 nitrogen and oxygen atoms in total. The number of carbonyl (C=O) groups is 2. The second-order valence-corrected chi connectivity index (χ2v) is 9.02. The molecule has 1 saturated carbocycles. The van der Waals surface area contributed by atoms with Crippen molar-refractivity contribution >= 4 is 17.6 Å². The molecule has 1 aromatic heterocycles. The van der Waals surface area contributed by atoms with Crippen molar-refractivity contribution in [3.63, 3.8) is 0 Å². The molecule has 7 heteroatoms. The molecular weight excluding hydrogens is 368 g/mol. The van der Waals surface area contributed by atoms with Gasteiger partial charge in [-0.3, -0.25) is 14.5 Å². The van der Waals surface area contributed by atoms with Crippen LogP contribution in [0.4, 0.5) is 5.82 Å². The third-order valence-electron chi connectivity index (χ3n) is 6.87. The summed E-state index contributed by atoms with van der Waals surface area (Å²) in [5.74, 6) is 2.92. The molecule has 4 aliphatic rings. The topological polar surface area (TPSA) is 75.6 Å². The lowest BCUT2D eigenvalue weighted by molar-refractivity contribution is -0.142. The number of anilines is 1. The van der Waals surface area contributed by atoms with Gasteiger partial charge in [0.25, 0.3) is 5.91 Å². The molecule has 4 heterocycles. The Morgan fingerprint density at radius 2 is 1.90 bits per heavy atom. The number of hydrogen-bond acceptors (Lipinski definition) is 5. The number of aromatic nitrogens is 2. The van der Waals surface area contributed by atoms with Gasteiger partial charge in [-0.25, -0.2) is 9.97 Å². The molecule has 0 radical (unpaired) electrons. The van der Waals surface area contributed by atoms with E-state index in [-0.39, 0.29) is 23.8 Å². The van der Waals surface area contributed by atoms with Gasteiger partial charge in [-0.05, 0) is 57.8 Å². The lowest BCUT2D eigenvalue weighted by Crippen LogP contribution is -2.43. The van der Waals surface area contributed by atoms with Crippen molar-refractivity contribution in [1.82, 2.24) is 14.9 Å². The Morgan fingerprint density at radius 1 is 1.10 bits per heavy atom. The van der Waals surface area contributed by atoms with Crippen molar-refractivity contribution in [2.45, 2.75) is 70.3 Å².